The Balaban J connectivity index is 1.71. The second-order valence-corrected chi connectivity index (χ2v) is 11.3. The molecule has 4 aliphatic heterocycles. The van der Waals surface area contributed by atoms with Gasteiger partial charge in [0.25, 0.3) is 11.8 Å². The Morgan fingerprint density at radius 1 is 1.15 bits per heavy atom. The van der Waals surface area contributed by atoms with Gasteiger partial charge in [-0.2, -0.15) is 5.26 Å². The summed E-state index contributed by atoms with van der Waals surface area (Å²) in [6.07, 6.45) is 3.65. The molecule has 2 bridgehead atoms. The van der Waals surface area contributed by atoms with Crippen molar-refractivity contribution in [3.8, 4) is 6.07 Å². The molecular formula is C20H21N3O2S2. The van der Waals surface area contributed by atoms with Crippen LogP contribution in [0.15, 0.2) is 18.2 Å². The Kier molecular flexibility index (Phi) is 3.38. The van der Waals surface area contributed by atoms with Gasteiger partial charge in [-0.1, -0.05) is 39.8 Å². The number of hydrogen-bond donors (Lipinski definition) is 0. The molecule has 27 heavy (non-hydrogen) atoms. The monoisotopic (exact) mass is 399 g/mol. The topological polar surface area (TPSA) is 64.4 Å². The van der Waals surface area contributed by atoms with Crippen LogP contribution in [-0.2, 0) is 22.4 Å². The van der Waals surface area contributed by atoms with E-state index in [1.165, 1.54) is 32.7 Å². The van der Waals surface area contributed by atoms with Crippen LogP contribution in [0.5, 0.6) is 0 Å². The van der Waals surface area contributed by atoms with Crippen molar-refractivity contribution in [2.75, 3.05) is 7.05 Å². The Hall–Kier alpha value is -1.65. The van der Waals surface area contributed by atoms with Crippen LogP contribution in [0, 0.1) is 16.7 Å². The summed E-state index contributed by atoms with van der Waals surface area (Å²) in [5.74, 6) is -0.115. The van der Waals surface area contributed by atoms with Crippen LogP contribution in [0.1, 0.15) is 49.4 Å². The Labute approximate surface area is 166 Å². The average molecular weight is 400 g/mol. The van der Waals surface area contributed by atoms with Crippen LogP contribution in [0.3, 0.4) is 0 Å². The van der Waals surface area contributed by atoms with Crippen LogP contribution >= 0.6 is 21.6 Å². The van der Waals surface area contributed by atoms with E-state index in [2.05, 4.69) is 24.3 Å². The predicted molar refractivity (Wildman–Crippen MR) is 105 cm³/mol. The van der Waals surface area contributed by atoms with Gasteiger partial charge in [0.05, 0.1) is 17.5 Å². The molecule has 0 aromatic heterocycles. The van der Waals surface area contributed by atoms with Crippen molar-refractivity contribution in [2.24, 2.45) is 5.41 Å². The fourth-order valence-corrected chi connectivity index (χ4v) is 8.76. The molecule has 140 valence electrons. The molecule has 4 saturated heterocycles. The largest absolute Gasteiger partial charge is 0.319 e. The van der Waals surface area contributed by atoms with E-state index in [0.717, 1.165) is 24.8 Å². The second-order valence-electron chi connectivity index (χ2n) is 8.46. The molecule has 0 N–H and O–H groups in total. The number of carbonyl (C=O) groups is 2. The maximum Gasteiger partial charge on any atom is 0.261 e. The normalized spacial score (nSPS) is 39.6. The van der Waals surface area contributed by atoms with Gasteiger partial charge in [0, 0.05) is 13.5 Å². The molecular weight excluding hydrogens is 378 g/mol. The van der Waals surface area contributed by atoms with Crippen molar-refractivity contribution in [1.82, 2.24) is 9.80 Å². The standard InChI is InChI=1S/C20H21N3O2S2/c1-18(11-21)10-20-17(25)22(3)19(2,26-27-20)16(24)23(20)15(18)14-8-7-12-5-4-6-13(12)9-14/h7-9,15H,4-6,10H2,1-3H3/t15?,18-,19+,20+/m1/s1. The zero-order valence-corrected chi connectivity index (χ0v) is 17.2. The zero-order chi connectivity index (χ0) is 19.2. The molecule has 4 heterocycles. The molecule has 0 saturated carbocycles. The summed E-state index contributed by atoms with van der Waals surface area (Å²) >= 11 is 0. The molecule has 6 rings (SSSR count). The number of amides is 2. The highest BCUT2D eigenvalue weighted by molar-refractivity contribution is 8.78. The molecule has 5 nitrogen and oxygen atoms in total. The lowest BCUT2D eigenvalue weighted by molar-refractivity contribution is -0.164. The highest BCUT2D eigenvalue weighted by Crippen LogP contribution is 2.69. The van der Waals surface area contributed by atoms with E-state index >= 15 is 0 Å². The first-order valence-electron chi connectivity index (χ1n) is 9.29. The molecule has 4 atom stereocenters. The zero-order valence-electron chi connectivity index (χ0n) is 15.6. The van der Waals surface area contributed by atoms with Crippen molar-refractivity contribution >= 4 is 33.4 Å². The Morgan fingerprint density at radius 3 is 2.63 bits per heavy atom. The van der Waals surface area contributed by atoms with E-state index in [0.29, 0.717) is 6.42 Å². The second kappa shape index (κ2) is 5.24. The van der Waals surface area contributed by atoms with Crippen LogP contribution in [0.2, 0.25) is 0 Å². The lowest BCUT2D eigenvalue weighted by atomic mass is 9.79. The number of nitrogens with zero attached hydrogens (tertiary/aromatic N) is 3. The number of hydrogen-bond acceptors (Lipinski definition) is 5. The highest BCUT2D eigenvalue weighted by Gasteiger charge is 2.74. The van der Waals surface area contributed by atoms with E-state index in [1.54, 1.807) is 16.8 Å². The number of nitriles is 1. The van der Waals surface area contributed by atoms with Crippen molar-refractivity contribution < 1.29 is 9.59 Å². The number of aryl methyl sites for hydroxylation is 2. The van der Waals surface area contributed by atoms with Gasteiger partial charge in [-0.3, -0.25) is 9.59 Å². The quantitative estimate of drug-likeness (QED) is 0.678. The Morgan fingerprint density at radius 2 is 1.89 bits per heavy atom. The molecule has 1 spiro atoms. The van der Waals surface area contributed by atoms with Crippen molar-refractivity contribution in [3.63, 3.8) is 0 Å². The van der Waals surface area contributed by atoms with E-state index in [1.807, 2.05) is 13.8 Å². The van der Waals surface area contributed by atoms with Gasteiger partial charge in [0.15, 0.2) is 9.74 Å². The van der Waals surface area contributed by atoms with Crippen LogP contribution in [0.25, 0.3) is 0 Å². The SMILES string of the molecule is CN1C(=O)[C@@]23C[C@](C)(C#N)C(c4ccc5c(c4)CCC5)N2C(=O)[C@]1(C)SS3. The van der Waals surface area contributed by atoms with Gasteiger partial charge in [-0.15, -0.1) is 0 Å². The smallest absolute Gasteiger partial charge is 0.261 e. The molecule has 2 amide bonds. The summed E-state index contributed by atoms with van der Waals surface area (Å²) in [5, 5.41) is 10.1. The molecule has 1 aliphatic carbocycles. The molecule has 1 aromatic carbocycles. The van der Waals surface area contributed by atoms with Crippen LogP contribution < -0.4 is 0 Å². The fourth-order valence-electron chi connectivity index (χ4n) is 5.18. The molecule has 1 unspecified atom stereocenters. The third-order valence-electron chi connectivity index (χ3n) is 6.79. The van der Waals surface area contributed by atoms with E-state index in [-0.39, 0.29) is 11.8 Å². The van der Waals surface area contributed by atoms with Crippen molar-refractivity contribution in [1.29, 1.82) is 5.26 Å². The lowest BCUT2D eigenvalue weighted by Crippen LogP contribution is -2.73. The maximum absolute atomic E-state index is 13.6. The number of piperazine rings is 1. The number of carbonyl (C=O) groups excluding carboxylic acids is 2. The molecule has 0 radical (unpaired) electrons. The average Bonchev–Trinajstić information content (AvgIpc) is 3.23. The number of fused-ring (bicyclic) bond motifs is 3. The van der Waals surface area contributed by atoms with E-state index in [4.69, 9.17) is 0 Å². The molecule has 4 fully saturated rings. The van der Waals surface area contributed by atoms with Crippen LogP contribution in [-0.4, -0.2) is 38.4 Å². The number of likely N-dealkylation sites (N-methyl/N-ethyl adjacent to an activating group) is 1. The number of benzene rings is 1. The molecule has 5 aliphatic rings. The summed E-state index contributed by atoms with van der Waals surface area (Å²) in [6.45, 7) is 3.72. The van der Waals surface area contributed by atoms with Gasteiger partial charge in [-0.05, 0) is 49.8 Å². The molecule has 1 aromatic rings. The van der Waals surface area contributed by atoms with Gasteiger partial charge in [0.2, 0.25) is 0 Å². The van der Waals surface area contributed by atoms with Gasteiger partial charge in [-0.25, -0.2) is 0 Å². The van der Waals surface area contributed by atoms with Crippen molar-refractivity contribution in [2.45, 2.75) is 55.3 Å². The number of rotatable bonds is 1. The van der Waals surface area contributed by atoms with E-state index < -0.39 is 21.2 Å². The first-order valence-corrected chi connectivity index (χ1v) is 11.4. The minimum atomic E-state index is -0.984. The highest BCUT2D eigenvalue weighted by atomic mass is 33.1. The summed E-state index contributed by atoms with van der Waals surface area (Å²) < 4.78 is 0. The maximum atomic E-state index is 13.6. The first kappa shape index (κ1) is 17.4. The van der Waals surface area contributed by atoms with E-state index in [9.17, 15) is 14.9 Å². The third-order valence-corrected chi connectivity index (χ3v) is 10.5. The van der Waals surface area contributed by atoms with Crippen molar-refractivity contribution in [3.05, 3.63) is 34.9 Å². The summed E-state index contributed by atoms with van der Waals surface area (Å²) in [5.41, 5.74) is 2.87. The lowest BCUT2D eigenvalue weighted by Gasteiger charge is -2.57. The van der Waals surface area contributed by atoms with Gasteiger partial charge >= 0.3 is 0 Å². The summed E-state index contributed by atoms with van der Waals surface area (Å²) in [4.78, 5) is 28.3. The molecule has 7 heteroatoms. The minimum absolute atomic E-state index is 0.0570. The summed E-state index contributed by atoms with van der Waals surface area (Å²) in [7, 11) is 4.63. The fraction of sp³-hybridized carbons (Fsp3) is 0.550. The van der Waals surface area contributed by atoms with Gasteiger partial charge < -0.3 is 9.80 Å². The predicted octanol–water partition coefficient (Wildman–Crippen LogP) is 3.26. The van der Waals surface area contributed by atoms with Crippen LogP contribution in [0.4, 0.5) is 0 Å². The third kappa shape index (κ3) is 1.93. The Bertz CT molecular complexity index is 944. The minimum Gasteiger partial charge on any atom is -0.319 e. The van der Waals surface area contributed by atoms with Gasteiger partial charge in [0.1, 0.15) is 0 Å². The first-order chi connectivity index (χ1) is 12.8. The summed E-state index contributed by atoms with van der Waals surface area (Å²) in [6, 6.07) is 8.45.